The molecule has 2 aromatic rings. The van der Waals surface area contributed by atoms with Crippen molar-refractivity contribution >= 4 is 33.7 Å². The Morgan fingerprint density at radius 3 is 3.00 bits per heavy atom. The third-order valence-corrected chi connectivity index (χ3v) is 3.98. The van der Waals surface area contributed by atoms with Crippen LogP contribution in [0.5, 0.6) is 0 Å². The molecule has 0 aliphatic rings. The molecule has 2 rings (SSSR count). The first-order valence-corrected chi connectivity index (χ1v) is 6.82. The van der Waals surface area contributed by atoms with Crippen LogP contribution in [0.4, 0.5) is 5.13 Å². The lowest BCUT2D eigenvalue weighted by Crippen LogP contribution is -2.22. The Bertz CT molecular complexity index is 520. The monoisotopic (exact) mass is 268 g/mol. The lowest BCUT2D eigenvalue weighted by atomic mass is 10.2. The van der Waals surface area contributed by atoms with Gasteiger partial charge in [0.1, 0.15) is 0 Å². The van der Waals surface area contributed by atoms with Crippen molar-refractivity contribution < 1.29 is 4.79 Å². The molecule has 0 fully saturated rings. The minimum atomic E-state index is -0.227. The van der Waals surface area contributed by atoms with Gasteiger partial charge in [-0.1, -0.05) is 18.3 Å². The molecule has 7 heteroatoms. The van der Waals surface area contributed by atoms with Crippen LogP contribution < -0.4 is 11.1 Å². The number of nitrogen functional groups attached to an aromatic ring is 1. The molecular formula is C10H12N4OS2. The van der Waals surface area contributed by atoms with Crippen LogP contribution in [0.2, 0.25) is 0 Å². The smallest absolute Gasteiger partial charge is 0.282 e. The zero-order valence-corrected chi connectivity index (χ0v) is 10.9. The first-order chi connectivity index (χ1) is 8.20. The van der Waals surface area contributed by atoms with Crippen LogP contribution in [0, 0.1) is 0 Å². The van der Waals surface area contributed by atoms with Crippen LogP contribution in [0.15, 0.2) is 11.4 Å². The topological polar surface area (TPSA) is 80.9 Å². The van der Waals surface area contributed by atoms with Crippen molar-refractivity contribution in [2.24, 2.45) is 0 Å². The van der Waals surface area contributed by atoms with Gasteiger partial charge in [-0.05, 0) is 23.4 Å². The van der Waals surface area contributed by atoms with Crippen LogP contribution in [0.3, 0.4) is 0 Å². The van der Waals surface area contributed by atoms with Crippen LogP contribution >= 0.6 is 22.7 Å². The number of hydrogen-bond donors (Lipinski definition) is 2. The van der Waals surface area contributed by atoms with Crippen molar-refractivity contribution in [2.45, 2.75) is 19.9 Å². The van der Waals surface area contributed by atoms with Crippen LogP contribution in [-0.4, -0.2) is 16.1 Å². The van der Waals surface area contributed by atoms with E-state index in [0.717, 1.165) is 17.8 Å². The van der Waals surface area contributed by atoms with Gasteiger partial charge < -0.3 is 11.1 Å². The van der Waals surface area contributed by atoms with Crippen LogP contribution in [0.25, 0.3) is 0 Å². The summed E-state index contributed by atoms with van der Waals surface area (Å²) in [6, 6.07) is 2.08. The Kier molecular flexibility index (Phi) is 3.70. The van der Waals surface area contributed by atoms with E-state index in [0.29, 0.717) is 16.7 Å². The molecule has 2 aromatic heterocycles. The molecule has 0 saturated carbocycles. The lowest BCUT2D eigenvalue weighted by molar-refractivity contribution is 0.0950. The summed E-state index contributed by atoms with van der Waals surface area (Å²) in [5.74, 6) is -0.227. The second kappa shape index (κ2) is 5.24. The van der Waals surface area contributed by atoms with E-state index in [9.17, 15) is 4.79 Å². The molecule has 17 heavy (non-hydrogen) atoms. The quantitative estimate of drug-likeness (QED) is 0.884. The molecule has 0 spiro atoms. The minimum Gasteiger partial charge on any atom is -0.374 e. The number of aryl methyl sites for hydroxylation is 1. The third kappa shape index (κ3) is 2.80. The molecule has 0 radical (unpaired) electrons. The van der Waals surface area contributed by atoms with Gasteiger partial charge in [-0.15, -0.1) is 21.5 Å². The summed E-state index contributed by atoms with van der Waals surface area (Å²) in [6.07, 6.45) is 0.973. The summed E-state index contributed by atoms with van der Waals surface area (Å²) in [5, 5.41) is 12.8. The molecule has 5 nitrogen and oxygen atoms in total. The maximum atomic E-state index is 11.7. The number of aromatic nitrogens is 2. The van der Waals surface area contributed by atoms with Crippen molar-refractivity contribution in [3.63, 3.8) is 0 Å². The average Bonchev–Trinajstić information content (AvgIpc) is 2.94. The summed E-state index contributed by atoms with van der Waals surface area (Å²) >= 11 is 2.73. The largest absolute Gasteiger partial charge is 0.374 e. The zero-order valence-electron chi connectivity index (χ0n) is 9.27. The fourth-order valence-corrected chi connectivity index (χ4v) is 2.84. The van der Waals surface area contributed by atoms with Crippen molar-refractivity contribution in [3.8, 4) is 0 Å². The summed E-state index contributed by atoms with van der Waals surface area (Å²) in [6.45, 7) is 2.62. The van der Waals surface area contributed by atoms with E-state index in [1.165, 1.54) is 10.4 Å². The van der Waals surface area contributed by atoms with E-state index in [1.54, 1.807) is 11.3 Å². The number of nitrogens with two attached hydrogens (primary N) is 1. The highest BCUT2D eigenvalue weighted by Crippen LogP contribution is 2.17. The SMILES string of the molecule is CCc1ccsc1CNC(=O)c1nnc(N)s1. The second-order valence-electron chi connectivity index (χ2n) is 3.35. The summed E-state index contributed by atoms with van der Waals surface area (Å²) in [4.78, 5) is 12.9. The molecule has 0 bridgehead atoms. The Labute approximate surface area is 107 Å². The number of rotatable bonds is 4. The first kappa shape index (κ1) is 12.0. The van der Waals surface area contributed by atoms with Gasteiger partial charge in [0, 0.05) is 4.88 Å². The summed E-state index contributed by atoms with van der Waals surface area (Å²) in [7, 11) is 0. The minimum absolute atomic E-state index is 0.227. The predicted molar refractivity (Wildman–Crippen MR) is 69.2 cm³/mol. The van der Waals surface area contributed by atoms with E-state index in [2.05, 4.69) is 28.5 Å². The zero-order chi connectivity index (χ0) is 12.3. The van der Waals surface area contributed by atoms with E-state index in [-0.39, 0.29) is 5.91 Å². The maximum Gasteiger partial charge on any atom is 0.282 e. The van der Waals surface area contributed by atoms with Crippen molar-refractivity contribution in [3.05, 3.63) is 26.9 Å². The first-order valence-electron chi connectivity index (χ1n) is 5.13. The summed E-state index contributed by atoms with van der Waals surface area (Å²) in [5.41, 5.74) is 6.69. The fourth-order valence-electron chi connectivity index (χ4n) is 1.40. The van der Waals surface area contributed by atoms with Crippen LogP contribution in [-0.2, 0) is 13.0 Å². The molecule has 3 N–H and O–H groups in total. The van der Waals surface area contributed by atoms with Crippen molar-refractivity contribution in [2.75, 3.05) is 5.73 Å². The molecule has 90 valence electrons. The highest BCUT2D eigenvalue weighted by atomic mass is 32.1. The number of thiophene rings is 1. The van der Waals surface area contributed by atoms with Gasteiger partial charge in [0.25, 0.3) is 5.91 Å². The number of hydrogen-bond acceptors (Lipinski definition) is 6. The van der Waals surface area contributed by atoms with Gasteiger partial charge in [0.2, 0.25) is 10.1 Å². The maximum absolute atomic E-state index is 11.7. The number of nitrogens with one attached hydrogen (secondary N) is 1. The molecular weight excluding hydrogens is 256 g/mol. The van der Waals surface area contributed by atoms with Gasteiger partial charge in [-0.2, -0.15) is 0 Å². The normalized spacial score (nSPS) is 10.4. The Morgan fingerprint density at radius 2 is 2.35 bits per heavy atom. The Hall–Kier alpha value is -1.47. The number of anilines is 1. The van der Waals surface area contributed by atoms with Gasteiger partial charge in [-0.25, -0.2) is 0 Å². The highest BCUT2D eigenvalue weighted by molar-refractivity contribution is 7.16. The molecule has 2 heterocycles. The number of carbonyl (C=O) groups is 1. The van der Waals surface area contributed by atoms with E-state index in [1.807, 2.05) is 5.38 Å². The fraction of sp³-hybridized carbons (Fsp3) is 0.300. The molecule has 0 unspecified atom stereocenters. The number of nitrogens with zero attached hydrogens (tertiary/aromatic N) is 2. The number of carbonyl (C=O) groups excluding carboxylic acids is 1. The predicted octanol–water partition coefficient (Wildman–Crippen LogP) is 1.67. The molecule has 0 aromatic carbocycles. The van der Waals surface area contributed by atoms with Crippen molar-refractivity contribution in [1.29, 1.82) is 0 Å². The third-order valence-electron chi connectivity index (χ3n) is 2.26. The van der Waals surface area contributed by atoms with Crippen LogP contribution in [0.1, 0.15) is 27.2 Å². The molecule has 1 amide bonds. The highest BCUT2D eigenvalue weighted by Gasteiger charge is 2.12. The van der Waals surface area contributed by atoms with E-state index >= 15 is 0 Å². The van der Waals surface area contributed by atoms with E-state index in [4.69, 9.17) is 5.73 Å². The molecule has 0 aliphatic heterocycles. The average molecular weight is 268 g/mol. The van der Waals surface area contributed by atoms with Gasteiger partial charge in [0.05, 0.1) is 6.54 Å². The van der Waals surface area contributed by atoms with Gasteiger partial charge >= 0.3 is 0 Å². The second-order valence-corrected chi connectivity index (χ2v) is 5.36. The molecule has 0 saturated heterocycles. The standard InChI is InChI=1S/C10H12N4OS2/c1-2-6-3-4-16-7(6)5-12-8(15)9-13-14-10(11)17-9/h3-4H,2,5H2,1H3,(H2,11,14)(H,12,15). The lowest BCUT2D eigenvalue weighted by Gasteiger charge is -2.02. The van der Waals surface area contributed by atoms with E-state index < -0.39 is 0 Å². The Morgan fingerprint density at radius 1 is 1.53 bits per heavy atom. The number of amides is 1. The summed E-state index contributed by atoms with van der Waals surface area (Å²) < 4.78 is 0. The van der Waals surface area contributed by atoms with Crippen molar-refractivity contribution in [1.82, 2.24) is 15.5 Å². The van der Waals surface area contributed by atoms with Gasteiger partial charge in [0.15, 0.2) is 0 Å². The Balaban J connectivity index is 1.97. The molecule has 0 aliphatic carbocycles. The van der Waals surface area contributed by atoms with Gasteiger partial charge in [-0.3, -0.25) is 4.79 Å². The molecule has 0 atom stereocenters.